The summed E-state index contributed by atoms with van der Waals surface area (Å²) in [5, 5.41) is 9.25. The molecule has 5 nitrogen and oxygen atoms in total. The summed E-state index contributed by atoms with van der Waals surface area (Å²) in [7, 11) is 0. The minimum absolute atomic E-state index is 0.142. The molecule has 1 aliphatic carbocycles. The quantitative estimate of drug-likeness (QED) is 0.565. The van der Waals surface area contributed by atoms with Crippen LogP contribution < -0.4 is 5.84 Å². The van der Waals surface area contributed by atoms with Gasteiger partial charge in [0.15, 0.2) is 5.76 Å². The van der Waals surface area contributed by atoms with Crippen molar-refractivity contribution in [2.45, 2.75) is 10.4 Å². The van der Waals surface area contributed by atoms with Gasteiger partial charge in [-0.05, 0) is 34.4 Å². The lowest BCUT2D eigenvalue weighted by Crippen LogP contribution is -2.12. The second-order valence-corrected chi connectivity index (χ2v) is 6.90. The Bertz CT molecular complexity index is 1010. The van der Waals surface area contributed by atoms with Crippen molar-refractivity contribution >= 4 is 11.8 Å². The number of benzene rings is 2. The maximum absolute atomic E-state index is 6.22. The summed E-state index contributed by atoms with van der Waals surface area (Å²) in [6.07, 6.45) is 1.60. The van der Waals surface area contributed by atoms with E-state index >= 15 is 0 Å². The van der Waals surface area contributed by atoms with Crippen LogP contribution in [0, 0.1) is 0 Å². The van der Waals surface area contributed by atoms with Crippen LogP contribution in [0.1, 0.15) is 16.4 Å². The van der Waals surface area contributed by atoms with E-state index in [0.717, 1.165) is 0 Å². The fourth-order valence-electron chi connectivity index (χ4n) is 3.27. The van der Waals surface area contributed by atoms with Gasteiger partial charge in [0.1, 0.15) is 0 Å². The van der Waals surface area contributed by atoms with E-state index in [0.29, 0.717) is 16.7 Å². The van der Waals surface area contributed by atoms with Crippen molar-refractivity contribution in [3.63, 3.8) is 0 Å². The number of aromatic nitrogens is 3. The topological polar surface area (TPSA) is 69.9 Å². The smallest absolute Gasteiger partial charge is 0.218 e. The molecule has 0 radical (unpaired) electrons. The average Bonchev–Trinajstić information content (AvgIpc) is 3.36. The Kier molecular flexibility index (Phi) is 3.18. The highest BCUT2D eigenvalue weighted by atomic mass is 32.2. The first-order valence-electron chi connectivity index (χ1n) is 7.92. The molecule has 122 valence electrons. The highest BCUT2D eigenvalue weighted by molar-refractivity contribution is 7.99. The summed E-state index contributed by atoms with van der Waals surface area (Å²) in [4.78, 5) is 0. The molecule has 2 aromatic heterocycles. The first-order chi connectivity index (χ1) is 12.3. The molecule has 25 heavy (non-hydrogen) atoms. The lowest BCUT2D eigenvalue weighted by atomic mass is 10.1. The van der Waals surface area contributed by atoms with Crippen molar-refractivity contribution in [1.82, 2.24) is 14.9 Å². The average molecular weight is 346 g/mol. The van der Waals surface area contributed by atoms with Crippen molar-refractivity contribution in [2.24, 2.45) is 0 Å². The predicted molar refractivity (Wildman–Crippen MR) is 97.5 cm³/mol. The van der Waals surface area contributed by atoms with E-state index in [9.17, 15) is 0 Å². The molecule has 5 rings (SSSR count). The Labute approximate surface area is 148 Å². The molecule has 0 spiro atoms. The number of thioether (sulfide) groups is 1. The molecule has 1 aliphatic rings. The zero-order chi connectivity index (χ0) is 16.8. The summed E-state index contributed by atoms with van der Waals surface area (Å²) in [5.41, 5.74) is 5.09. The van der Waals surface area contributed by atoms with Crippen molar-refractivity contribution in [3.8, 4) is 22.7 Å². The summed E-state index contributed by atoms with van der Waals surface area (Å²) in [6, 6.07) is 20.6. The molecule has 0 amide bonds. The van der Waals surface area contributed by atoms with Gasteiger partial charge in [-0.25, -0.2) is 4.68 Å². The number of rotatable bonds is 3. The molecular formula is C19H14N4OS. The highest BCUT2D eigenvalue weighted by Gasteiger charge is 2.30. The van der Waals surface area contributed by atoms with E-state index in [1.807, 2.05) is 6.07 Å². The van der Waals surface area contributed by atoms with Gasteiger partial charge in [-0.3, -0.25) is 0 Å². The number of nitrogens with two attached hydrogens (primary N) is 1. The van der Waals surface area contributed by atoms with E-state index in [4.69, 9.17) is 10.3 Å². The molecule has 0 saturated carbocycles. The monoisotopic (exact) mass is 346 g/mol. The zero-order valence-corrected chi connectivity index (χ0v) is 14.0. The van der Waals surface area contributed by atoms with Gasteiger partial charge in [0.2, 0.25) is 11.0 Å². The van der Waals surface area contributed by atoms with Crippen molar-refractivity contribution < 1.29 is 4.42 Å². The number of fused-ring (bicyclic) bond motifs is 3. The number of furan rings is 1. The summed E-state index contributed by atoms with van der Waals surface area (Å²) >= 11 is 1.60. The second-order valence-electron chi connectivity index (χ2n) is 5.83. The fraction of sp³-hybridized carbons (Fsp3) is 0.0526. The molecule has 2 aromatic carbocycles. The Morgan fingerprint density at radius 2 is 1.56 bits per heavy atom. The van der Waals surface area contributed by atoms with E-state index in [1.165, 1.54) is 26.9 Å². The predicted octanol–water partition coefficient (Wildman–Crippen LogP) is 4.11. The molecule has 0 saturated heterocycles. The first-order valence-corrected chi connectivity index (χ1v) is 8.80. The molecule has 6 heteroatoms. The van der Waals surface area contributed by atoms with E-state index in [1.54, 1.807) is 24.1 Å². The zero-order valence-electron chi connectivity index (χ0n) is 13.2. The summed E-state index contributed by atoms with van der Waals surface area (Å²) in [6.45, 7) is 0. The van der Waals surface area contributed by atoms with Crippen LogP contribution in [0.5, 0.6) is 0 Å². The van der Waals surface area contributed by atoms with E-state index in [2.05, 4.69) is 58.7 Å². The molecule has 0 aliphatic heterocycles. The Hall–Kier alpha value is -2.99. The van der Waals surface area contributed by atoms with E-state index in [-0.39, 0.29) is 5.25 Å². The lowest BCUT2D eigenvalue weighted by Gasteiger charge is -2.12. The van der Waals surface area contributed by atoms with Crippen molar-refractivity contribution in [3.05, 3.63) is 78.1 Å². The molecule has 2 heterocycles. The lowest BCUT2D eigenvalue weighted by molar-refractivity contribution is 0.574. The highest BCUT2D eigenvalue weighted by Crippen LogP contribution is 2.51. The molecule has 2 N–H and O–H groups in total. The van der Waals surface area contributed by atoms with Gasteiger partial charge in [-0.1, -0.05) is 60.3 Å². The van der Waals surface area contributed by atoms with Crippen LogP contribution >= 0.6 is 11.8 Å². The van der Waals surface area contributed by atoms with Crippen LogP contribution in [0.25, 0.3) is 22.7 Å². The maximum atomic E-state index is 6.22. The first kappa shape index (κ1) is 14.4. The molecule has 0 fully saturated rings. The van der Waals surface area contributed by atoms with E-state index < -0.39 is 0 Å². The van der Waals surface area contributed by atoms with Crippen LogP contribution in [0.4, 0.5) is 0 Å². The van der Waals surface area contributed by atoms with Gasteiger partial charge >= 0.3 is 0 Å². The molecule has 0 bridgehead atoms. The Morgan fingerprint density at radius 1 is 0.880 bits per heavy atom. The minimum Gasteiger partial charge on any atom is -0.461 e. The third-order valence-electron chi connectivity index (χ3n) is 4.41. The number of hydrogen-bond donors (Lipinski definition) is 1. The maximum Gasteiger partial charge on any atom is 0.218 e. The Balaban J connectivity index is 1.57. The summed E-state index contributed by atoms with van der Waals surface area (Å²) < 4.78 is 6.88. The van der Waals surface area contributed by atoms with Gasteiger partial charge in [0.05, 0.1) is 11.5 Å². The van der Waals surface area contributed by atoms with Gasteiger partial charge in [0, 0.05) is 0 Å². The minimum atomic E-state index is 0.142. The molecular weight excluding hydrogens is 332 g/mol. The third kappa shape index (κ3) is 2.18. The largest absolute Gasteiger partial charge is 0.461 e. The summed E-state index contributed by atoms with van der Waals surface area (Å²) in [5.74, 6) is 7.35. The number of nitrogen functional groups attached to an aromatic ring is 1. The molecule has 0 unspecified atom stereocenters. The van der Waals surface area contributed by atoms with Gasteiger partial charge < -0.3 is 10.3 Å². The third-order valence-corrected chi connectivity index (χ3v) is 5.64. The fourth-order valence-corrected chi connectivity index (χ4v) is 4.44. The van der Waals surface area contributed by atoms with Crippen molar-refractivity contribution in [1.29, 1.82) is 0 Å². The van der Waals surface area contributed by atoms with Crippen LogP contribution in [0.3, 0.4) is 0 Å². The number of hydrogen-bond acceptors (Lipinski definition) is 5. The SMILES string of the molecule is Nn1c(SC2c3ccccc3-c3ccccc32)nnc1-c1ccco1. The van der Waals surface area contributed by atoms with Crippen LogP contribution in [0.2, 0.25) is 0 Å². The van der Waals surface area contributed by atoms with Gasteiger partial charge in [-0.15, -0.1) is 10.2 Å². The Morgan fingerprint density at radius 3 is 2.20 bits per heavy atom. The van der Waals surface area contributed by atoms with Crippen LogP contribution in [-0.4, -0.2) is 14.9 Å². The van der Waals surface area contributed by atoms with Crippen molar-refractivity contribution in [2.75, 3.05) is 5.84 Å². The molecule has 0 atom stereocenters. The van der Waals surface area contributed by atoms with Crippen LogP contribution in [0.15, 0.2) is 76.5 Å². The van der Waals surface area contributed by atoms with Gasteiger partial charge in [-0.2, -0.15) is 0 Å². The van der Waals surface area contributed by atoms with Gasteiger partial charge in [0.25, 0.3) is 0 Å². The normalized spacial score (nSPS) is 13.0. The van der Waals surface area contributed by atoms with Crippen LogP contribution in [-0.2, 0) is 0 Å². The molecule has 4 aromatic rings. The number of nitrogens with zero attached hydrogens (tertiary/aromatic N) is 3. The second kappa shape index (κ2) is 5.53. The standard InChI is InChI=1S/C19H14N4OS/c20-23-18(16-10-5-11-24-16)21-22-19(23)25-17-14-8-3-1-6-12(14)13-7-2-4-9-15(13)17/h1-11,17H,20H2.